The van der Waals surface area contributed by atoms with Crippen LogP contribution in [0.1, 0.15) is 61.7 Å². The van der Waals surface area contributed by atoms with Gasteiger partial charge in [-0.2, -0.15) is 0 Å². The Balaban J connectivity index is 0.000000230. The molecule has 0 bridgehead atoms. The summed E-state index contributed by atoms with van der Waals surface area (Å²) >= 11 is 0. The molecule has 41 heavy (non-hydrogen) atoms. The molecule has 0 saturated heterocycles. The van der Waals surface area contributed by atoms with Gasteiger partial charge in [0.1, 0.15) is 5.82 Å². The number of benzene rings is 3. The number of carbonyl (C=O) groups excluding carboxylic acids is 1. The zero-order valence-corrected chi connectivity index (χ0v) is 26.5. The average molecular weight is 730 g/mol. The number of hydrogen-bond donors (Lipinski definition) is 1. The van der Waals surface area contributed by atoms with Crippen molar-refractivity contribution in [2.24, 2.45) is 11.8 Å². The van der Waals surface area contributed by atoms with E-state index < -0.39 is 0 Å². The fourth-order valence-electron chi connectivity index (χ4n) is 5.83. The molecule has 0 aliphatic heterocycles. The molecule has 0 unspecified atom stereocenters. The van der Waals surface area contributed by atoms with Crippen molar-refractivity contribution in [1.29, 1.82) is 0 Å². The predicted octanol–water partition coefficient (Wildman–Crippen LogP) is 9.50. The maximum atomic E-state index is 13.9. The van der Waals surface area contributed by atoms with Gasteiger partial charge in [-0.25, -0.2) is 4.39 Å². The quantitative estimate of drug-likeness (QED) is 0.0586. The number of nitrogens with zero attached hydrogens (tertiary/aromatic N) is 2. The minimum atomic E-state index is -0.317. The molecule has 3 aromatic carbocycles. The first-order valence-corrected chi connectivity index (χ1v) is 14.2. The number of para-hydroxylation sites is 1. The molecule has 1 radical (unpaired) electrons. The van der Waals surface area contributed by atoms with Crippen LogP contribution in [0.2, 0.25) is 0 Å². The zero-order chi connectivity index (χ0) is 30.3. The summed E-state index contributed by atoms with van der Waals surface area (Å²) in [5.74, 6) is 0.230. The second kappa shape index (κ2) is 12.7. The monoisotopic (exact) mass is 730 g/mol. The smallest absolute Gasteiger partial charge is 0.162 e. The normalized spacial score (nSPS) is 12.8. The van der Waals surface area contributed by atoms with Crippen molar-refractivity contribution >= 4 is 54.7 Å². The van der Waals surface area contributed by atoms with Gasteiger partial charge < -0.3 is 9.51 Å². The van der Waals surface area contributed by atoms with E-state index in [1.807, 2.05) is 63.3 Å². The SMILES string of the molecule is CCC(CC)C(=O)/C=C(\O)C(CC)CC.[2H]c1nc2c3c(cc4cc(F)ccc4c3c1[2H])c1cccc3c(C)[c-]n2c31.[Ir]. The molecule has 6 aromatic rings. The number of aryl methyl sites for hydroxylation is 1. The molecular weight excluding hydrogens is 692 g/mol. The second-order valence-corrected chi connectivity index (χ2v) is 10.5. The van der Waals surface area contributed by atoms with Gasteiger partial charge in [-0.05, 0) is 82.2 Å². The molecular formula is C35H36FIrN2O2-. The van der Waals surface area contributed by atoms with E-state index in [1.54, 1.807) is 6.07 Å². The van der Waals surface area contributed by atoms with E-state index in [-0.39, 0.29) is 61.5 Å². The van der Waals surface area contributed by atoms with Crippen LogP contribution in [0.15, 0.2) is 66.5 Å². The number of ketones is 1. The Bertz CT molecular complexity index is 1980. The van der Waals surface area contributed by atoms with E-state index in [2.05, 4.69) is 11.2 Å². The summed E-state index contributed by atoms with van der Waals surface area (Å²) < 4.78 is 32.5. The molecule has 0 fully saturated rings. The third-order valence-corrected chi connectivity index (χ3v) is 8.20. The second-order valence-electron chi connectivity index (χ2n) is 10.5. The van der Waals surface area contributed by atoms with Gasteiger partial charge >= 0.3 is 0 Å². The number of aliphatic hydroxyl groups is 1. The molecule has 0 spiro atoms. The van der Waals surface area contributed by atoms with Crippen molar-refractivity contribution in [3.8, 4) is 0 Å². The molecule has 215 valence electrons. The van der Waals surface area contributed by atoms with Gasteiger partial charge in [0, 0.05) is 44.2 Å². The molecule has 0 aliphatic rings. The van der Waals surface area contributed by atoms with E-state index in [4.69, 9.17) is 2.74 Å². The molecule has 6 heteroatoms. The van der Waals surface area contributed by atoms with Crippen molar-refractivity contribution in [1.82, 2.24) is 9.38 Å². The maximum absolute atomic E-state index is 13.9. The third-order valence-electron chi connectivity index (χ3n) is 8.20. The molecule has 6 rings (SSSR count). The van der Waals surface area contributed by atoms with Crippen LogP contribution in [-0.4, -0.2) is 20.3 Å². The number of hydrogen-bond acceptors (Lipinski definition) is 3. The summed E-state index contributed by atoms with van der Waals surface area (Å²) in [7, 11) is 0. The molecule has 0 amide bonds. The first kappa shape index (κ1) is 27.8. The van der Waals surface area contributed by atoms with E-state index in [0.717, 1.165) is 69.1 Å². The number of aliphatic hydroxyl groups excluding tert-OH is 1. The van der Waals surface area contributed by atoms with Crippen molar-refractivity contribution in [2.75, 3.05) is 0 Å². The largest absolute Gasteiger partial charge is 0.512 e. The van der Waals surface area contributed by atoms with Gasteiger partial charge in [0.2, 0.25) is 0 Å². The van der Waals surface area contributed by atoms with Crippen molar-refractivity contribution < 1.29 is 37.1 Å². The van der Waals surface area contributed by atoms with Crippen LogP contribution in [0.25, 0.3) is 48.9 Å². The molecule has 1 N–H and O–H groups in total. The Morgan fingerprint density at radius 2 is 1.68 bits per heavy atom. The van der Waals surface area contributed by atoms with Crippen molar-refractivity contribution in [2.45, 2.75) is 60.3 Å². The summed E-state index contributed by atoms with van der Waals surface area (Å²) in [6.07, 6.45) is 8.16. The van der Waals surface area contributed by atoms with Gasteiger partial charge in [0.05, 0.1) is 14.1 Å². The van der Waals surface area contributed by atoms with Crippen LogP contribution >= 0.6 is 0 Å². The van der Waals surface area contributed by atoms with Gasteiger partial charge in [-0.1, -0.05) is 64.5 Å². The van der Waals surface area contributed by atoms with Crippen LogP contribution in [0.5, 0.6) is 0 Å². The summed E-state index contributed by atoms with van der Waals surface area (Å²) in [6, 6.07) is 12.7. The standard InChI is InChI=1S/C22H12FN2.C13H24O2.Ir/c1-12-11-25-21-15(12)3-2-4-18(21)19-10-13-9-14(23)5-6-16(13)17-7-8-24-22(25)20(17)19;1-5-10(6-2)12(14)9-13(15)11(7-3)8-4;/h2-10H,1H3;9-11,14H,5-8H2,1-4H3;/q-1;;/b;12-9-;/i7D,8D;;. The number of aromatic nitrogens is 2. The maximum Gasteiger partial charge on any atom is 0.162 e. The number of halogens is 1. The van der Waals surface area contributed by atoms with Crippen LogP contribution in [0.4, 0.5) is 4.39 Å². The summed E-state index contributed by atoms with van der Waals surface area (Å²) in [5.41, 5.74) is 2.61. The topological polar surface area (TPSA) is 54.6 Å². The summed E-state index contributed by atoms with van der Waals surface area (Å²) in [6.45, 7) is 10.1. The molecule has 4 nitrogen and oxygen atoms in total. The van der Waals surface area contributed by atoms with E-state index in [9.17, 15) is 14.3 Å². The van der Waals surface area contributed by atoms with Crippen molar-refractivity contribution in [3.63, 3.8) is 0 Å². The minimum absolute atomic E-state index is 0. The summed E-state index contributed by atoms with van der Waals surface area (Å²) in [5, 5.41) is 15.7. The molecule has 0 atom stereocenters. The van der Waals surface area contributed by atoms with Gasteiger partial charge in [0.15, 0.2) is 5.78 Å². The van der Waals surface area contributed by atoms with E-state index in [1.165, 1.54) is 18.2 Å². The Kier molecular flexibility index (Phi) is 8.59. The molecule has 3 aromatic heterocycles. The fourth-order valence-corrected chi connectivity index (χ4v) is 5.83. The first-order chi connectivity index (χ1) is 20.1. The van der Waals surface area contributed by atoms with Crippen LogP contribution in [-0.2, 0) is 24.9 Å². The van der Waals surface area contributed by atoms with Gasteiger partial charge in [-0.3, -0.25) is 9.78 Å². The molecule has 0 saturated carbocycles. The first-order valence-electron chi connectivity index (χ1n) is 15.2. The van der Waals surface area contributed by atoms with E-state index >= 15 is 0 Å². The number of carbonyl (C=O) groups is 1. The summed E-state index contributed by atoms with van der Waals surface area (Å²) in [4.78, 5) is 16.1. The zero-order valence-electron chi connectivity index (χ0n) is 26.1. The fraction of sp³-hybridized carbons (Fsp3) is 0.314. The van der Waals surface area contributed by atoms with Gasteiger partial charge in [-0.15, -0.1) is 17.0 Å². The number of rotatable bonds is 7. The Hall–Kier alpha value is -3.34. The Morgan fingerprint density at radius 3 is 2.37 bits per heavy atom. The Morgan fingerprint density at radius 1 is 1.00 bits per heavy atom. The molecule has 3 heterocycles. The Labute approximate surface area is 256 Å². The van der Waals surface area contributed by atoms with Crippen LogP contribution in [0.3, 0.4) is 0 Å². The van der Waals surface area contributed by atoms with Crippen LogP contribution < -0.4 is 0 Å². The number of fused-ring (bicyclic) bond motifs is 4. The van der Waals surface area contributed by atoms with E-state index in [0.29, 0.717) is 11.0 Å². The number of pyridine rings is 2. The van der Waals surface area contributed by atoms with Crippen LogP contribution in [0, 0.1) is 30.8 Å². The molecule has 0 aliphatic carbocycles. The minimum Gasteiger partial charge on any atom is -0.512 e. The predicted molar refractivity (Wildman–Crippen MR) is 164 cm³/mol. The average Bonchev–Trinajstić information content (AvgIpc) is 3.31. The van der Waals surface area contributed by atoms with Crippen molar-refractivity contribution in [3.05, 3.63) is 84.1 Å². The third kappa shape index (κ3) is 5.48. The number of allylic oxidation sites excluding steroid dienone is 2. The van der Waals surface area contributed by atoms with Gasteiger partial charge in [0.25, 0.3) is 0 Å².